The molecule has 2 aliphatic carbocycles. The Labute approximate surface area is 149 Å². The molecule has 2 N–H and O–H groups in total. The van der Waals surface area contributed by atoms with Gasteiger partial charge in [0.1, 0.15) is 0 Å². The number of rotatable bonds is 3. The SMILES string of the molecule is O=C(CNC(=S)NC1CC2CCC1C2)N1CCCc2ccccc21. The topological polar surface area (TPSA) is 44.4 Å². The van der Waals surface area contributed by atoms with E-state index >= 15 is 0 Å². The summed E-state index contributed by atoms with van der Waals surface area (Å²) >= 11 is 5.41. The molecule has 3 atom stereocenters. The Morgan fingerprint density at radius 2 is 2.12 bits per heavy atom. The number of hydrogen-bond donors (Lipinski definition) is 2. The zero-order valence-electron chi connectivity index (χ0n) is 14.0. The number of anilines is 1. The predicted molar refractivity (Wildman–Crippen MR) is 100 cm³/mol. The average Bonchev–Trinajstić information content (AvgIpc) is 3.22. The van der Waals surface area contributed by atoms with E-state index in [1.807, 2.05) is 23.1 Å². The summed E-state index contributed by atoms with van der Waals surface area (Å²) in [6, 6.07) is 8.70. The van der Waals surface area contributed by atoms with Gasteiger partial charge in [-0.15, -0.1) is 0 Å². The van der Waals surface area contributed by atoms with Crippen molar-refractivity contribution in [3.63, 3.8) is 0 Å². The van der Waals surface area contributed by atoms with Gasteiger partial charge in [-0.2, -0.15) is 0 Å². The van der Waals surface area contributed by atoms with Crippen LogP contribution in [0.4, 0.5) is 5.69 Å². The molecule has 3 aliphatic rings. The first-order valence-corrected chi connectivity index (χ1v) is 9.54. The molecule has 4 rings (SSSR count). The molecule has 2 bridgehead atoms. The Bertz CT molecular complexity index is 647. The molecule has 4 nitrogen and oxygen atoms in total. The highest BCUT2D eigenvalue weighted by atomic mass is 32.1. The van der Waals surface area contributed by atoms with Crippen LogP contribution in [0.2, 0.25) is 0 Å². The van der Waals surface area contributed by atoms with Crippen molar-refractivity contribution in [2.75, 3.05) is 18.0 Å². The molecule has 1 heterocycles. The predicted octanol–water partition coefficient (Wildman–Crippen LogP) is 2.62. The van der Waals surface area contributed by atoms with Gasteiger partial charge in [0.2, 0.25) is 5.91 Å². The van der Waals surface area contributed by atoms with E-state index in [4.69, 9.17) is 12.2 Å². The van der Waals surface area contributed by atoms with Crippen molar-refractivity contribution >= 4 is 28.9 Å². The second-order valence-corrected chi connectivity index (χ2v) is 7.79. The number of nitrogens with zero attached hydrogens (tertiary/aromatic N) is 1. The van der Waals surface area contributed by atoms with Crippen molar-refractivity contribution in [2.24, 2.45) is 11.8 Å². The number of benzene rings is 1. The van der Waals surface area contributed by atoms with Gasteiger partial charge in [-0.3, -0.25) is 4.79 Å². The molecule has 2 saturated carbocycles. The molecular formula is C19H25N3OS. The van der Waals surface area contributed by atoms with Gasteiger partial charge in [0.25, 0.3) is 0 Å². The van der Waals surface area contributed by atoms with Crippen LogP contribution in [0.5, 0.6) is 0 Å². The highest BCUT2D eigenvalue weighted by Crippen LogP contribution is 2.44. The van der Waals surface area contributed by atoms with E-state index in [2.05, 4.69) is 16.7 Å². The fraction of sp³-hybridized carbons (Fsp3) is 0.579. The number of aryl methyl sites for hydroxylation is 1. The van der Waals surface area contributed by atoms with Gasteiger partial charge >= 0.3 is 0 Å². The molecule has 3 unspecified atom stereocenters. The van der Waals surface area contributed by atoms with E-state index < -0.39 is 0 Å². The number of hydrogen-bond acceptors (Lipinski definition) is 2. The minimum Gasteiger partial charge on any atom is -0.360 e. The summed E-state index contributed by atoms with van der Waals surface area (Å²) in [6.45, 7) is 1.06. The molecule has 5 heteroatoms. The highest BCUT2D eigenvalue weighted by Gasteiger charge is 2.39. The zero-order valence-corrected chi connectivity index (χ0v) is 14.8. The van der Waals surface area contributed by atoms with Crippen LogP contribution in [0.15, 0.2) is 24.3 Å². The van der Waals surface area contributed by atoms with E-state index in [1.54, 1.807) is 0 Å². The summed E-state index contributed by atoms with van der Waals surface area (Å²) in [5.41, 5.74) is 2.32. The van der Waals surface area contributed by atoms with Crippen molar-refractivity contribution < 1.29 is 4.79 Å². The van der Waals surface area contributed by atoms with Crippen molar-refractivity contribution in [1.29, 1.82) is 0 Å². The second-order valence-electron chi connectivity index (χ2n) is 7.39. The third-order valence-electron chi connectivity index (χ3n) is 5.87. The maximum Gasteiger partial charge on any atom is 0.246 e. The summed E-state index contributed by atoms with van der Waals surface area (Å²) in [4.78, 5) is 14.5. The van der Waals surface area contributed by atoms with Crippen LogP contribution in [0, 0.1) is 11.8 Å². The standard InChI is InChI=1S/C19H25N3OS/c23-18(22-9-3-5-14-4-1-2-6-17(14)22)12-20-19(24)21-16-11-13-7-8-15(16)10-13/h1-2,4,6,13,15-16H,3,5,7-12H2,(H2,20,21,24). The first-order chi connectivity index (χ1) is 11.7. The first kappa shape index (κ1) is 15.9. The second kappa shape index (κ2) is 6.71. The molecule has 128 valence electrons. The molecule has 0 radical (unpaired) electrons. The molecule has 0 spiro atoms. The lowest BCUT2D eigenvalue weighted by molar-refractivity contribution is -0.117. The number of amides is 1. The zero-order chi connectivity index (χ0) is 16.5. The Kier molecular flexibility index (Phi) is 4.44. The Balaban J connectivity index is 1.30. The molecule has 0 saturated heterocycles. The maximum atomic E-state index is 12.6. The van der Waals surface area contributed by atoms with Crippen molar-refractivity contribution in [3.8, 4) is 0 Å². The molecule has 24 heavy (non-hydrogen) atoms. The summed E-state index contributed by atoms with van der Waals surface area (Å²) in [5.74, 6) is 1.76. The lowest BCUT2D eigenvalue weighted by Crippen LogP contribution is -2.48. The van der Waals surface area contributed by atoms with E-state index in [-0.39, 0.29) is 12.5 Å². The smallest absolute Gasteiger partial charge is 0.246 e. The Morgan fingerprint density at radius 1 is 1.25 bits per heavy atom. The normalized spacial score (nSPS) is 27.7. The fourth-order valence-corrected chi connectivity index (χ4v) is 4.91. The van der Waals surface area contributed by atoms with Crippen LogP contribution in [0.25, 0.3) is 0 Å². The van der Waals surface area contributed by atoms with E-state index in [1.165, 1.54) is 31.2 Å². The van der Waals surface area contributed by atoms with E-state index in [0.717, 1.165) is 36.9 Å². The summed E-state index contributed by atoms with van der Waals surface area (Å²) < 4.78 is 0. The van der Waals surface area contributed by atoms with Gasteiger partial charge in [0.15, 0.2) is 5.11 Å². The van der Waals surface area contributed by atoms with Crippen LogP contribution in [0.1, 0.15) is 37.7 Å². The van der Waals surface area contributed by atoms with Gasteiger partial charge in [0, 0.05) is 18.3 Å². The molecule has 2 fully saturated rings. The first-order valence-electron chi connectivity index (χ1n) is 9.13. The van der Waals surface area contributed by atoms with Crippen molar-refractivity contribution in [1.82, 2.24) is 10.6 Å². The highest BCUT2D eigenvalue weighted by molar-refractivity contribution is 7.80. The number of carbonyl (C=O) groups is 1. The van der Waals surface area contributed by atoms with Crippen LogP contribution in [0.3, 0.4) is 0 Å². The summed E-state index contributed by atoms with van der Waals surface area (Å²) in [6.07, 6.45) is 7.38. The number of nitrogens with one attached hydrogen (secondary N) is 2. The molecule has 1 amide bonds. The third-order valence-corrected chi connectivity index (χ3v) is 6.13. The minimum absolute atomic E-state index is 0.0965. The van der Waals surface area contributed by atoms with Gasteiger partial charge in [-0.1, -0.05) is 24.6 Å². The van der Waals surface area contributed by atoms with Crippen molar-refractivity contribution in [2.45, 2.75) is 44.6 Å². The van der Waals surface area contributed by atoms with Gasteiger partial charge in [-0.25, -0.2) is 0 Å². The lowest BCUT2D eigenvalue weighted by atomic mass is 9.96. The average molecular weight is 343 g/mol. The van der Waals surface area contributed by atoms with Gasteiger partial charge < -0.3 is 15.5 Å². The van der Waals surface area contributed by atoms with Crippen LogP contribution in [-0.4, -0.2) is 30.2 Å². The third kappa shape index (κ3) is 3.14. The van der Waals surface area contributed by atoms with Crippen LogP contribution in [-0.2, 0) is 11.2 Å². The number of thiocarbonyl (C=S) groups is 1. The van der Waals surface area contributed by atoms with Crippen LogP contribution < -0.4 is 15.5 Å². The Hall–Kier alpha value is -1.62. The largest absolute Gasteiger partial charge is 0.360 e. The number of fused-ring (bicyclic) bond motifs is 3. The number of carbonyl (C=O) groups excluding carboxylic acids is 1. The van der Waals surface area contributed by atoms with Crippen molar-refractivity contribution in [3.05, 3.63) is 29.8 Å². The van der Waals surface area contributed by atoms with Crippen LogP contribution >= 0.6 is 12.2 Å². The molecule has 1 aromatic rings. The quantitative estimate of drug-likeness (QED) is 0.828. The van der Waals surface area contributed by atoms with Gasteiger partial charge in [0.05, 0.1) is 6.54 Å². The maximum absolute atomic E-state index is 12.6. The van der Waals surface area contributed by atoms with E-state index in [9.17, 15) is 4.79 Å². The fourth-order valence-electron chi connectivity index (χ4n) is 4.68. The summed E-state index contributed by atoms with van der Waals surface area (Å²) in [5, 5.41) is 7.19. The monoisotopic (exact) mass is 343 g/mol. The minimum atomic E-state index is 0.0965. The number of para-hydroxylation sites is 1. The molecule has 1 aliphatic heterocycles. The molecule has 1 aromatic carbocycles. The lowest BCUT2D eigenvalue weighted by Gasteiger charge is -2.30. The molecule has 0 aromatic heterocycles. The summed E-state index contributed by atoms with van der Waals surface area (Å²) in [7, 11) is 0. The van der Waals surface area contributed by atoms with E-state index in [0.29, 0.717) is 11.2 Å². The van der Waals surface area contributed by atoms with Gasteiger partial charge in [-0.05, 0) is 67.8 Å². The molecular weight excluding hydrogens is 318 g/mol. The Morgan fingerprint density at radius 3 is 2.92 bits per heavy atom.